The average molecular weight is 260 g/mol. The molecule has 1 saturated heterocycles. The number of hydrogen-bond acceptors (Lipinski definition) is 3. The van der Waals surface area contributed by atoms with Crippen molar-refractivity contribution in [2.45, 2.75) is 25.3 Å². The summed E-state index contributed by atoms with van der Waals surface area (Å²) in [4.78, 5) is 15.8. The molecule has 4 heteroatoms. The summed E-state index contributed by atoms with van der Waals surface area (Å²) in [5, 5.41) is 8.91. The molecular weight excluding hydrogens is 240 g/mol. The molecular formula is C15H20N2O2. The number of anilines is 1. The van der Waals surface area contributed by atoms with Crippen LogP contribution in [-0.4, -0.2) is 48.2 Å². The van der Waals surface area contributed by atoms with Gasteiger partial charge in [0.2, 0.25) is 0 Å². The molecule has 0 amide bonds. The lowest BCUT2D eigenvalue weighted by molar-refractivity contribution is 0.0697. The molecule has 0 atom stereocenters. The molecule has 1 aromatic rings. The fraction of sp³-hybridized carbons (Fsp3) is 0.533. The van der Waals surface area contributed by atoms with E-state index in [0.29, 0.717) is 5.56 Å². The Bertz CT molecular complexity index is 454. The lowest BCUT2D eigenvalue weighted by Gasteiger charge is -2.23. The highest BCUT2D eigenvalue weighted by atomic mass is 16.4. The molecule has 0 unspecified atom stereocenters. The van der Waals surface area contributed by atoms with Crippen molar-refractivity contribution in [2.75, 3.05) is 31.1 Å². The molecule has 1 heterocycles. The Balaban J connectivity index is 1.66. The summed E-state index contributed by atoms with van der Waals surface area (Å²) < 4.78 is 0. The van der Waals surface area contributed by atoms with Crippen LogP contribution in [0.1, 0.15) is 29.6 Å². The second kappa shape index (κ2) is 5.21. The number of nitrogens with zero attached hydrogens (tertiary/aromatic N) is 2. The van der Waals surface area contributed by atoms with Gasteiger partial charge in [0.15, 0.2) is 0 Å². The highest BCUT2D eigenvalue weighted by Crippen LogP contribution is 2.28. The first-order chi connectivity index (χ1) is 9.24. The van der Waals surface area contributed by atoms with E-state index in [1.807, 2.05) is 12.1 Å². The second-order valence-corrected chi connectivity index (χ2v) is 5.46. The summed E-state index contributed by atoms with van der Waals surface area (Å²) in [7, 11) is 0. The maximum atomic E-state index is 10.8. The van der Waals surface area contributed by atoms with E-state index in [1.165, 1.54) is 25.8 Å². The Hall–Kier alpha value is -1.55. The average Bonchev–Trinajstić information content (AvgIpc) is 3.25. The van der Waals surface area contributed by atoms with Gasteiger partial charge in [0.05, 0.1) is 5.56 Å². The van der Waals surface area contributed by atoms with E-state index in [9.17, 15) is 4.79 Å². The lowest BCUT2D eigenvalue weighted by Crippen LogP contribution is -2.32. The van der Waals surface area contributed by atoms with Crippen molar-refractivity contribution < 1.29 is 9.90 Å². The van der Waals surface area contributed by atoms with E-state index in [0.717, 1.165) is 31.4 Å². The molecule has 19 heavy (non-hydrogen) atoms. The minimum Gasteiger partial charge on any atom is -0.478 e. The van der Waals surface area contributed by atoms with Gasteiger partial charge in [0, 0.05) is 37.9 Å². The summed E-state index contributed by atoms with van der Waals surface area (Å²) in [5.41, 5.74) is 1.50. The third-order valence-corrected chi connectivity index (χ3v) is 4.07. The van der Waals surface area contributed by atoms with Crippen molar-refractivity contribution in [3.8, 4) is 0 Å². The van der Waals surface area contributed by atoms with Gasteiger partial charge in [-0.1, -0.05) is 0 Å². The summed E-state index contributed by atoms with van der Waals surface area (Å²) in [6, 6.07) is 8.09. The third kappa shape index (κ3) is 2.89. The van der Waals surface area contributed by atoms with Crippen molar-refractivity contribution in [1.82, 2.24) is 4.90 Å². The standard InChI is InChI=1S/C15H20N2O2/c18-15(19)12-2-4-13(5-3-12)16-8-1-9-17(11-10-16)14-6-7-14/h2-5,14H,1,6-11H2,(H,18,19). The normalized spacial score (nSPS) is 21.2. The quantitative estimate of drug-likeness (QED) is 0.903. The zero-order chi connectivity index (χ0) is 13.2. The number of aromatic carboxylic acids is 1. The molecule has 3 rings (SSSR count). The molecule has 0 radical (unpaired) electrons. The van der Waals surface area contributed by atoms with E-state index in [-0.39, 0.29) is 0 Å². The van der Waals surface area contributed by atoms with Crippen LogP contribution in [0.4, 0.5) is 5.69 Å². The van der Waals surface area contributed by atoms with Crippen LogP contribution in [0.15, 0.2) is 24.3 Å². The number of benzene rings is 1. The van der Waals surface area contributed by atoms with Crippen LogP contribution < -0.4 is 4.90 Å². The van der Waals surface area contributed by atoms with Gasteiger partial charge in [-0.05, 0) is 43.5 Å². The Morgan fingerprint density at radius 1 is 1.05 bits per heavy atom. The Labute approximate surface area is 113 Å². The molecule has 4 nitrogen and oxygen atoms in total. The zero-order valence-corrected chi connectivity index (χ0v) is 11.1. The number of carboxylic acids is 1. The second-order valence-electron chi connectivity index (χ2n) is 5.46. The van der Waals surface area contributed by atoms with Gasteiger partial charge in [0.25, 0.3) is 0 Å². The van der Waals surface area contributed by atoms with Crippen LogP contribution in [0.5, 0.6) is 0 Å². The molecule has 2 fully saturated rings. The molecule has 1 saturated carbocycles. The maximum absolute atomic E-state index is 10.8. The van der Waals surface area contributed by atoms with Crippen LogP contribution in [-0.2, 0) is 0 Å². The molecule has 1 aromatic carbocycles. The maximum Gasteiger partial charge on any atom is 0.335 e. The predicted octanol–water partition coefficient (Wildman–Crippen LogP) is 2.06. The molecule has 1 N–H and O–H groups in total. The first-order valence-electron chi connectivity index (χ1n) is 7.06. The van der Waals surface area contributed by atoms with Crippen LogP contribution in [0.3, 0.4) is 0 Å². The molecule has 0 aromatic heterocycles. The van der Waals surface area contributed by atoms with Gasteiger partial charge in [0.1, 0.15) is 0 Å². The lowest BCUT2D eigenvalue weighted by atomic mass is 10.2. The van der Waals surface area contributed by atoms with E-state index in [4.69, 9.17) is 5.11 Å². The van der Waals surface area contributed by atoms with Gasteiger partial charge in [-0.3, -0.25) is 4.90 Å². The molecule has 102 valence electrons. The smallest absolute Gasteiger partial charge is 0.335 e. The molecule has 1 aliphatic heterocycles. The number of carboxylic acid groups (broad SMARTS) is 1. The minimum atomic E-state index is -0.859. The van der Waals surface area contributed by atoms with Crippen molar-refractivity contribution in [3.05, 3.63) is 29.8 Å². The Morgan fingerprint density at radius 2 is 1.79 bits per heavy atom. The third-order valence-electron chi connectivity index (χ3n) is 4.07. The predicted molar refractivity (Wildman–Crippen MR) is 74.8 cm³/mol. The minimum absolute atomic E-state index is 0.359. The summed E-state index contributed by atoms with van der Waals surface area (Å²) in [6.07, 6.45) is 3.93. The van der Waals surface area contributed by atoms with Crippen molar-refractivity contribution in [1.29, 1.82) is 0 Å². The fourth-order valence-corrected chi connectivity index (χ4v) is 2.82. The van der Waals surface area contributed by atoms with Crippen LogP contribution in [0.25, 0.3) is 0 Å². The monoisotopic (exact) mass is 260 g/mol. The number of hydrogen-bond donors (Lipinski definition) is 1. The van der Waals surface area contributed by atoms with Gasteiger partial charge >= 0.3 is 5.97 Å². The molecule has 0 spiro atoms. The van der Waals surface area contributed by atoms with Gasteiger partial charge in [-0.25, -0.2) is 4.79 Å². The topological polar surface area (TPSA) is 43.8 Å². The number of rotatable bonds is 3. The highest BCUT2D eigenvalue weighted by Gasteiger charge is 2.29. The van der Waals surface area contributed by atoms with Gasteiger partial charge in [-0.15, -0.1) is 0 Å². The van der Waals surface area contributed by atoms with E-state index in [2.05, 4.69) is 9.80 Å². The van der Waals surface area contributed by atoms with Crippen LogP contribution in [0.2, 0.25) is 0 Å². The van der Waals surface area contributed by atoms with Crippen molar-refractivity contribution in [2.24, 2.45) is 0 Å². The Kier molecular flexibility index (Phi) is 3.42. The summed E-state index contributed by atoms with van der Waals surface area (Å²) >= 11 is 0. The van der Waals surface area contributed by atoms with Crippen LogP contribution >= 0.6 is 0 Å². The molecule has 1 aliphatic carbocycles. The van der Waals surface area contributed by atoms with Crippen LogP contribution in [0, 0.1) is 0 Å². The van der Waals surface area contributed by atoms with E-state index < -0.39 is 5.97 Å². The summed E-state index contributed by atoms with van der Waals surface area (Å²) in [6.45, 7) is 4.44. The van der Waals surface area contributed by atoms with E-state index >= 15 is 0 Å². The number of carbonyl (C=O) groups is 1. The summed E-state index contributed by atoms with van der Waals surface area (Å²) in [5.74, 6) is -0.859. The largest absolute Gasteiger partial charge is 0.478 e. The Morgan fingerprint density at radius 3 is 2.42 bits per heavy atom. The first-order valence-corrected chi connectivity index (χ1v) is 7.06. The first kappa shape index (κ1) is 12.5. The highest BCUT2D eigenvalue weighted by molar-refractivity contribution is 5.88. The molecule has 0 bridgehead atoms. The fourth-order valence-electron chi connectivity index (χ4n) is 2.82. The van der Waals surface area contributed by atoms with E-state index in [1.54, 1.807) is 12.1 Å². The molecule has 2 aliphatic rings. The van der Waals surface area contributed by atoms with Crippen molar-refractivity contribution >= 4 is 11.7 Å². The van der Waals surface area contributed by atoms with Gasteiger partial charge in [-0.2, -0.15) is 0 Å². The SMILES string of the molecule is O=C(O)c1ccc(N2CCCN(C3CC3)CC2)cc1. The zero-order valence-electron chi connectivity index (χ0n) is 11.1. The van der Waals surface area contributed by atoms with Gasteiger partial charge < -0.3 is 10.0 Å². The van der Waals surface area contributed by atoms with Crippen molar-refractivity contribution in [3.63, 3.8) is 0 Å².